The minimum atomic E-state index is 0.227. The van der Waals surface area contributed by atoms with E-state index in [4.69, 9.17) is 4.74 Å². The summed E-state index contributed by atoms with van der Waals surface area (Å²) in [5.74, 6) is 0.890. The van der Waals surface area contributed by atoms with Gasteiger partial charge in [-0.3, -0.25) is 0 Å². The molecule has 1 aromatic rings. The predicted molar refractivity (Wildman–Crippen MR) is 87.5 cm³/mol. The minimum Gasteiger partial charge on any atom is -0.370 e. The number of hydrogen-bond acceptors (Lipinski definition) is 2. The van der Waals surface area contributed by atoms with E-state index in [1.807, 2.05) is 0 Å². The fraction of sp³-hybridized carbons (Fsp3) is 0.684. The lowest BCUT2D eigenvalue weighted by Crippen LogP contribution is -2.56. The highest BCUT2D eigenvalue weighted by atomic mass is 16.5. The molecule has 1 saturated heterocycles. The number of rotatable bonds is 3. The van der Waals surface area contributed by atoms with Gasteiger partial charge in [-0.2, -0.15) is 0 Å². The van der Waals surface area contributed by atoms with Crippen molar-refractivity contribution in [1.29, 1.82) is 0 Å². The van der Waals surface area contributed by atoms with E-state index in [9.17, 15) is 0 Å². The maximum atomic E-state index is 6.23. The second-order valence-corrected chi connectivity index (χ2v) is 7.13. The SMILES string of the molecule is CCCc1ccc(C2CNC3(CCC(C)CC3)CO2)cc1. The molecule has 0 aromatic heterocycles. The standard InChI is InChI=1S/C19H29NO/c1-3-4-16-5-7-17(8-6-16)18-13-20-19(14-21-18)11-9-15(2)10-12-19/h5-8,15,18,20H,3-4,9-14H2,1-2H3. The number of benzene rings is 1. The maximum absolute atomic E-state index is 6.23. The first-order chi connectivity index (χ1) is 10.2. The van der Waals surface area contributed by atoms with Gasteiger partial charge in [0.1, 0.15) is 0 Å². The van der Waals surface area contributed by atoms with Crippen LogP contribution in [0.5, 0.6) is 0 Å². The van der Waals surface area contributed by atoms with Crippen LogP contribution in [0.4, 0.5) is 0 Å². The molecule has 2 fully saturated rings. The Balaban J connectivity index is 1.58. The zero-order valence-electron chi connectivity index (χ0n) is 13.5. The van der Waals surface area contributed by atoms with Crippen LogP contribution in [0, 0.1) is 5.92 Å². The molecule has 2 heteroatoms. The van der Waals surface area contributed by atoms with Gasteiger partial charge in [-0.25, -0.2) is 0 Å². The topological polar surface area (TPSA) is 21.3 Å². The number of ether oxygens (including phenoxy) is 1. The second kappa shape index (κ2) is 6.50. The number of hydrogen-bond donors (Lipinski definition) is 1. The molecule has 1 heterocycles. The highest BCUT2D eigenvalue weighted by Crippen LogP contribution is 2.36. The van der Waals surface area contributed by atoms with Gasteiger partial charge >= 0.3 is 0 Å². The lowest BCUT2D eigenvalue weighted by Gasteiger charge is -2.45. The van der Waals surface area contributed by atoms with E-state index in [0.717, 1.165) is 19.1 Å². The lowest BCUT2D eigenvalue weighted by molar-refractivity contribution is -0.0504. The van der Waals surface area contributed by atoms with E-state index < -0.39 is 0 Å². The van der Waals surface area contributed by atoms with E-state index in [0.29, 0.717) is 0 Å². The minimum absolute atomic E-state index is 0.227. The zero-order valence-corrected chi connectivity index (χ0v) is 13.5. The summed E-state index contributed by atoms with van der Waals surface area (Å²) in [5, 5.41) is 3.82. The van der Waals surface area contributed by atoms with Gasteiger partial charge in [0.25, 0.3) is 0 Å². The number of aryl methyl sites for hydroxylation is 1. The highest BCUT2D eigenvalue weighted by Gasteiger charge is 2.38. The summed E-state index contributed by atoms with van der Waals surface area (Å²) in [4.78, 5) is 0. The molecule has 1 aromatic carbocycles. The monoisotopic (exact) mass is 287 g/mol. The van der Waals surface area contributed by atoms with E-state index in [1.54, 1.807) is 0 Å². The van der Waals surface area contributed by atoms with Crippen LogP contribution < -0.4 is 5.32 Å². The van der Waals surface area contributed by atoms with Crippen LogP contribution >= 0.6 is 0 Å². The average molecular weight is 287 g/mol. The molecule has 1 aliphatic heterocycles. The molecule has 1 spiro atoms. The fourth-order valence-corrected chi connectivity index (χ4v) is 3.72. The van der Waals surface area contributed by atoms with Crippen molar-refractivity contribution in [3.63, 3.8) is 0 Å². The van der Waals surface area contributed by atoms with Crippen LogP contribution in [0.3, 0.4) is 0 Å². The Morgan fingerprint density at radius 3 is 2.48 bits per heavy atom. The van der Waals surface area contributed by atoms with Crippen LogP contribution in [0.15, 0.2) is 24.3 Å². The summed E-state index contributed by atoms with van der Waals surface area (Å²) >= 11 is 0. The molecule has 21 heavy (non-hydrogen) atoms. The van der Waals surface area contributed by atoms with Crippen LogP contribution in [0.2, 0.25) is 0 Å². The van der Waals surface area contributed by atoms with Gasteiger partial charge in [-0.15, -0.1) is 0 Å². The van der Waals surface area contributed by atoms with Gasteiger partial charge in [-0.05, 0) is 49.1 Å². The van der Waals surface area contributed by atoms with Crippen LogP contribution in [-0.2, 0) is 11.2 Å². The number of morpholine rings is 1. The first kappa shape index (κ1) is 15.1. The summed E-state index contributed by atoms with van der Waals surface area (Å²) < 4.78 is 6.23. The maximum Gasteiger partial charge on any atom is 0.0950 e. The van der Waals surface area contributed by atoms with E-state index in [2.05, 4.69) is 43.4 Å². The van der Waals surface area contributed by atoms with E-state index in [1.165, 1.54) is 49.7 Å². The molecule has 1 atom stereocenters. The molecule has 0 radical (unpaired) electrons. The molecular weight excluding hydrogens is 258 g/mol. The third-order valence-corrected chi connectivity index (χ3v) is 5.34. The molecule has 0 amide bonds. The van der Waals surface area contributed by atoms with Crippen molar-refractivity contribution in [2.24, 2.45) is 5.92 Å². The molecule has 2 nitrogen and oxygen atoms in total. The molecule has 1 N–H and O–H groups in total. The first-order valence-corrected chi connectivity index (χ1v) is 8.66. The van der Waals surface area contributed by atoms with E-state index in [-0.39, 0.29) is 11.6 Å². The molecule has 116 valence electrons. The Morgan fingerprint density at radius 2 is 1.90 bits per heavy atom. The van der Waals surface area contributed by atoms with Crippen molar-refractivity contribution in [1.82, 2.24) is 5.32 Å². The van der Waals surface area contributed by atoms with Crippen molar-refractivity contribution in [2.75, 3.05) is 13.2 Å². The summed E-state index contributed by atoms with van der Waals surface area (Å²) in [5.41, 5.74) is 3.02. The second-order valence-electron chi connectivity index (χ2n) is 7.13. The molecule has 3 rings (SSSR count). The Hall–Kier alpha value is -0.860. The fourth-order valence-electron chi connectivity index (χ4n) is 3.72. The Morgan fingerprint density at radius 1 is 1.19 bits per heavy atom. The van der Waals surface area contributed by atoms with Gasteiger partial charge < -0.3 is 10.1 Å². The van der Waals surface area contributed by atoms with Gasteiger partial charge in [0.15, 0.2) is 0 Å². The van der Waals surface area contributed by atoms with Crippen molar-refractivity contribution in [3.05, 3.63) is 35.4 Å². The third kappa shape index (κ3) is 3.49. The lowest BCUT2D eigenvalue weighted by atomic mass is 9.77. The summed E-state index contributed by atoms with van der Waals surface area (Å²) in [7, 11) is 0. The average Bonchev–Trinajstić information content (AvgIpc) is 2.53. The molecular formula is C19H29NO. The van der Waals surface area contributed by atoms with Crippen molar-refractivity contribution < 1.29 is 4.74 Å². The quantitative estimate of drug-likeness (QED) is 0.897. The Kier molecular flexibility index (Phi) is 4.66. The summed E-state index contributed by atoms with van der Waals surface area (Å²) in [6.45, 7) is 6.44. The van der Waals surface area contributed by atoms with Crippen molar-refractivity contribution in [2.45, 2.75) is 64.0 Å². The summed E-state index contributed by atoms with van der Waals surface area (Å²) in [6, 6.07) is 9.01. The van der Waals surface area contributed by atoms with Gasteiger partial charge in [-0.1, -0.05) is 44.5 Å². The summed E-state index contributed by atoms with van der Waals surface area (Å²) in [6.07, 6.45) is 7.84. The Bertz CT molecular complexity index is 435. The van der Waals surface area contributed by atoms with Crippen LogP contribution in [0.1, 0.15) is 63.2 Å². The highest BCUT2D eigenvalue weighted by molar-refractivity contribution is 5.25. The predicted octanol–water partition coefficient (Wildman–Crippen LogP) is 4.25. The van der Waals surface area contributed by atoms with Crippen LogP contribution in [0.25, 0.3) is 0 Å². The smallest absolute Gasteiger partial charge is 0.0950 e. The van der Waals surface area contributed by atoms with Gasteiger partial charge in [0, 0.05) is 12.1 Å². The van der Waals surface area contributed by atoms with Gasteiger partial charge in [0.05, 0.1) is 12.7 Å². The third-order valence-electron chi connectivity index (χ3n) is 5.34. The first-order valence-electron chi connectivity index (χ1n) is 8.66. The molecule has 2 aliphatic rings. The number of nitrogens with one attached hydrogen (secondary N) is 1. The van der Waals surface area contributed by atoms with Crippen LogP contribution in [-0.4, -0.2) is 18.7 Å². The molecule has 1 unspecified atom stereocenters. The van der Waals surface area contributed by atoms with Crippen molar-refractivity contribution >= 4 is 0 Å². The van der Waals surface area contributed by atoms with E-state index >= 15 is 0 Å². The normalized spacial score (nSPS) is 33.2. The van der Waals surface area contributed by atoms with Gasteiger partial charge in [0.2, 0.25) is 0 Å². The molecule has 0 bridgehead atoms. The zero-order chi connectivity index (χ0) is 14.7. The molecule has 1 saturated carbocycles. The molecule has 1 aliphatic carbocycles. The largest absolute Gasteiger partial charge is 0.370 e. The Labute approximate surface area is 129 Å². The van der Waals surface area contributed by atoms with Crippen molar-refractivity contribution in [3.8, 4) is 0 Å².